The summed E-state index contributed by atoms with van der Waals surface area (Å²) in [5.74, 6) is 0.220. The molecule has 20 heteroatoms. The normalized spacial score (nSPS) is 16.8. The molecule has 2 saturated heterocycles. The molecule has 1 atom stereocenters. The van der Waals surface area contributed by atoms with Crippen molar-refractivity contribution in [3.63, 3.8) is 0 Å². The van der Waals surface area contributed by atoms with Crippen molar-refractivity contribution in [2.75, 3.05) is 33.9 Å². The van der Waals surface area contributed by atoms with Crippen LogP contribution in [0.3, 0.4) is 0 Å². The molecule has 2 amide bonds. The molecule has 6 heterocycles. The molecule has 0 saturated carbocycles. The van der Waals surface area contributed by atoms with E-state index in [4.69, 9.17) is 16.6 Å². The quantitative estimate of drug-likeness (QED) is 0.0776. The number of halogens is 1. The SMILES string of the molecule is Cn1nc(C2CCC(=O)NC2=O)c2ccc(NC3CCN(c4ncc(Cl)c(Nc5ccc6c(c5)c(NC(C)(C)c5ncccn5)nc(=O)n6C(O)(O)O)n4)CC3)cc21. The first-order chi connectivity index (χ1) is 27.6. The van der Waals surface area contributed by atoms with Crippen LogP contribution in [0, 0.1) is 0 Å². The molecule has 2 aliphatic heterocycles. The summed E-state index contributed by atoms with van der Waals surface area (Å²) < 4.78 is 2.12. The molecular formula is C38H40ClN13O6. The standard InChI is InChI=1S/C38H40ClN13O6/c1-37(2,34-40-13-4-14-41-34)48-31-25-17-21(6-9-27(25)52(36(55)47-31)38(56,57)58)44-32-26(39)19-42-35(46-32)51-15-11-20(12-16-51)43-22-5-7-23-28(18-22)50(3)49-30(23)24-8-10-29(53)45-33(24)54/h4-7,9,13-14,17-20,24,43,56-58H,8,10-12,15-16H2,1-3H3,(H,42,44,46)(H,45,53,54)(H,47,48,55). The fourth-order valence-corrected chi connectivity index (χ4v) is 7.59. The van der Waals surface area contributed by atoms with Gasteiger partial charge in [-0.3, -0.25) is 19.6 Å². The maximum Gasteiger partial charge on any atom is 0.377 e. The van der Waals surface area contributed by atoms with Crippen LogP contribution in [0.25, 0.3) is 21.8 Å². The van der Waals surface area contributed by atoms with Gasteiger partial charge in [0.15, 0.2) is 11.6 Å². The number of benzene rings is 2. The Morgan fingerprint density at radius 3 is 2.34 bits per heavy atom. The number of carbonyl (C=O) groups excluding carboxylic acids is 2. The number of aryl methyl sites for hydroxylation is 1. The van der Waals surface area contributed by atoms with Crippen LogP contribution in [0.1, 0.15) is 57.0 Å². The minimum absolute atomic E-state index is 0.0338. The van der Waals surface area contributed by atoms with Crippen molar-refractivity contribution in [3.05, 3.63) is 88.1 Å². The van der Waals surface area contributed by atoms with Crippen LogP contribution in [-0.4, -0.2) is 85.5 Å². The summed E-state index contributed by atoms with van der Waals surface area (Å²) in [5.41, 5.74) is 0.860. The number of amides is 2. The Kier molecular flexibility index (Phi) is 9.92. The van der Waals surface area contributed by atoms with E-state index in [-0.39, 0.29) is 46.0 Å². The average molecular weight is 810 g/mol. The van der Waals surface area contributed by atoms with E-state index >= 15 is 0 Å². The number of hydrogen-bond donors (Lipinski definition) is 7. The molecule has 300 valence electrons. The fraction of sp³-hybridized carbons (Fsp3) is 0.342. The number of hydrogen-bond acceptors (Lipinski definition) is 16. The zero-order chi connectivity index (χ0) is 40.9. The second-order valence-electron chi connectivity index (χ2n) is 14.9. The van der Waals surface area contributed by atoms with Crippen LogP contribution < -0.4 is 31.9 Å². The van der Waals surface area contributed by atoms with Gasteiger partial charge in [-0.1, -0.05) is 11.6 Å². The van der Waals surface area contributed by atoms with E-state index in [9.17, 15) is 29.7 Å². The zero-order valence-corrected chi connectivity index (χ0v) is 32.4. The lowest BCUT2D eigenvalue weighted by Gasteiger charge is -2.33. The van der Waals surface area contributed by atoms with Crippen LogP contribution >= 0.6 is 11.6 Å². The lowest BCUT2D eigenvalue weighted by molar-refractivity contribution is -0.374. The molecule has 2 fully saturated rings. The second-order valence-corrected chi connectivity index (χ2v) is 15.3. The van der Waals surface area contributed by atoms with Crippen molar-refractivity contribution in [1.82, 2.24) is 44.6 Å². The predicted molar refractivity (Wildman–Crippen MR) is 214 cm³/mol. The van der Waals surface area contributed by atoms with E-state index in [1.807, 2.05) is 25.2 Å². The highest BCUT2D eigenvalue weighted by Crippen LogP contribution is 2.34. The van der Waals surface area contributed by atoms with Gasteiger partial charge >= 0.3 is 11.8 Å². The molecule has 7 N–H and O–H groups in total. The van der Waals surface area contributed by atoms with E-state index in [0.717, 1.165) is 29.4 Å². The molecule has 0 spiro atoms. The Morgan fingerprint density at radius 2 is 1.62 bits per heavy atom. The highest BCUT2D eigenvalue weighted by Gasteiger charge is 2.33. The average Bonchev–Trinajstić information content (AvgIpc) is 3.50. The van der Waals surface area contributed by atoms with E-state index in [2.05, 4.69) is 51.2 Å². The van der Waals surface area contributed by atoms with Crippen molar-refractivity contribution in [1.29, 1.82) is 0 Å². The molecule has 19 nitrogen and oxygen atoms in total. The highest BCUT2D eigenvalue weighted by molar-refractivity contribution is 6.33. The van der Waals surface area contributed by atoms with Gasteiger partial charge in [0, 0.05) is 67.1 Å². The van der Waals surface area contributed by atoms with Crippen molar-refractivity contribution in [2.24, 2.45) is 7.05 Å². The lowest BCUT2D eigenvalue weighted by Crippen LogP contribution is -2.43. The fourth-order valence-electron chi connectivity index (χ4n) is 7.45. The minimum Gasteiger partial charge on any atom is -0.382 e. The van der Waals surface area contributed by atoms with Gasteiger partial charge < -0.3 is 36.2 Å². The maximum atomic E-state index is 13.0. The van der Waals surface area contributed by atoms with Crippen molar-refractivity contribution < 1.29 is 24.9 Å². The van der Waals surface area contributed by atoms with E-state index in [0.29, 0.717) is 53.0 Å². The molecule has 0 aliphatic carbocycles. The third-order valence-corrected chi connectivity index (χ3v) is 10.6. The van der Waals surface area contributed by atoms with Crippen LogP contribution in [0.4, 0.5) is 29.0 Å². The highest BCUT2D eigenvalue weighted by atomic mass is 35.5. The molecule has 2 aliphatic rings. The zero-order valence-electron chi connectivity index (χ0n) is 31.6. The first kappa shape index (κ1) is 38.6. The van der Waals surface area contributed by atoms with Crippen molar-refractivity contribution in [2.45, 2.75) is 63.1 Å². The predicted octanol–water partition coefficient (Wildman–Crippen LogP) is 2.75. The van der Waals surface area contributed by atoms with Crippen LogP contribution in [0.15, 0.2) is 65.8 Å². The molecular weight excluding hydrogens is 770 g/mol. The molecule has 58 heavy (non-hydrogen) atoms. The van der Waals surface area contributed by atoms with Gasteiger partial charge in [0.1, 0.15) is 10.8 Å². The number of imide groups is 1. The van der Waals surface area contributed by atoms with Gasteiger partial charge in [-0.15, -0.1) is 0 Å². The summed E-state index contributed by atoms with van der Waals surface area (Å²) in [6, 6.07) is 12.4. The maximum absolute atomic E-state index is 13.0. The third-order valence-electron chi connectivity index (χ3n) is 10.3. The first-order valence-electron chi connectivity index (χ1n) is 18.6. The van der Waals surface area contributed by atoms with Crippen molar-refractivity contribution in [3.8, 4) is 0 Å². The van der Waals surface area contributed by atoms with Crippen LogP contribution in [0.2, 0.25) is 5.02 Å². The van der Waals surface area contributed by atoms with E-state index < -0.39 is 23.2 Å². The third kappa shape index (κ3) is 7.59. The number of fused-ring (bicyclic) bond motifs is 2. The summed E-state index contributed by atoms with van der Waals surface area (Å²) in [7, 11) is 1.84. The number of aliphatic hydroxyl groups is 3. The first-order valence-corrected chi connectivity index (χ1v) is 18.9. The number of nitrogens with zero attached hydrogens (tertiary/aromatic N) is 9. The van der Waals surface area contributed by atoms with E-state index in [1.165, 1.54) is 12.3 Å². The Bertz CT molecular complexity index is 2620. The van der Waals surface area contributed by atoms with Gasteiger partial charge in [-0.05, 0) is 75.6 Å². The Labute approximate surface area is 335 Å². The monoisotopic (exact) mass is 809 g/mol. The lowest BCUT2D eigenvalue weighted by atomic mass is 9.93. The largest absolute Gasteiger partial charge is 0.382 e. The van der Waals surface area contributed by atoms with Crippen LogP contribution in [-0.2, 0) is 28.3 Å². The van der Waals surface area contributed by atoms with Gasteiger partial charge in [0.25, 0.3) is 0 Å². The number of anilines is 5. The number of piperidine rings is 2. The minimum atomic E-state index is -3.53. The molecule has 2 aromatic carbocycles. The van der Waals surface area contributed by atoms with Crippen LogP contribution in [0.5, 0.6) is 0 Å². The molecule has 1 unspecified atom stereocenters. The summed E-state index contributed by atoms with van der Waals surface area (Å²) in [4.78, 5) is 61.2. The topological polar surface area (TPSA) is 250 Å². The number of carbonyl (C=O) groups is 2. The van der Waals surface area contributed by atoms with Gasteiger partial charge in [0.2, 0.25) is 17.8 Å². The van der Waals surface area contributed by atoms with Gasteiger partial charge in [-0.2, -0.15) is 15.1 Å². The Balaban J connectivity index is 0.982. The van der Waals surface area contributed by atoms with Gasteiger partial charge in [-0.25, -0.2) is 24.3 Å². The molecule has 0 bridgehead atoms. The Hall–Kier alpha value is -6.28. The molecule has 8 rings (SSSR count). The van der Waals surface area contributed by atoms with E-state index in [1.54, 1.807) is 49.1 Å². The second kappa shape index (κ2) is 14.9. The Morgan fingerprint density at radius 1 is 0.879 bits per heavy atom. The summed E-state index contributed by atoms with van der Waals surface area (Å²) in [6.07, 6.45) is 3.45. The number of nitrogens with one attached hydrogen (secondary N) is 4. The van der Waals surface area contributed by atoms with Gasteiger partial charge in [0.05, 0.1) is 34.4 Å². The molecule has 4 aromatic heterocycles. The summed E-state index contributed by atoms with van der Waals surface area (Å²) in [5, 5.41) is 48.7. The van der Waals surface area contributed by atoms with Crippen molar-refractivity contribution >= 4 is 74.2 Å². The smallest absolute Gasteiger partial charge is 0.377 e. The number of rotatable bonds is 10. The number of aromatic nitrogens is 8. The molecule has 0 radical (unpaired) electrons. The summed E-state index contributed by atoms with van der Waals surface area (Å²) in [6.45, 7) is 4.91. The molecule has 6 aromatic rings. The summed E-state index contributed by atoms with van der Waals surface area (Å²) >= 11 is 6.58.